The average Bonchev–Trinajstić information content (AvgIpc) is 2.81. The molecule has 2 aromatic carbocycles. The minimum absolute atomic E-state index is 0.00242. The van der Waals surface area contributed by atoms with E-state index in [0.717, 1.165) is 28.4 Å². The summed E-state index contributed by atoms with van der Waals surface area (Å²) < 4.78 is 5.41. The lowest BCUT2D eigenvalue weighted by molar-refractivity contribution is -0.115. The number of benzene rings is 2. The maximum Gasteiger partial charge on any atom is 0.228 e. The molecule has 108 valence electrons. The second-order valence-corrected chi connectivity index (χ2v) is 4.90. The average molecular weight is 283 g/mol. The summed E-state index contributed by atoms with van der Waals surface area (Å²) in [6, 6.07) is 11.4. The molecule has 4 N–H and O–H groups in total. The molecule has 2 aromatic rings. The fourth-order valence-corrected chi connectivity index (χ4v) is 2.36. The number of nitrogen functional groups attached to an aromatic ring is 1. The SMILES string of the molecule is CCOc1ccc(Nc2cc3c(cc2N)CC(=O)N3)cc1. The van der Waals surface area contributed by atoms with E-state index in [1.807, 2.05) is 43.3 Å². The van der Waals surface area contributed by atoms with Gasteiger partial charge in [-0.25, -0.2) is 0 Å². The van der Waals surface area contributed by atoms with Gasteiger partial charge in [0.25, 0.3) is 0 Å². The van der Waals surface area contributed by atoms with E-state index in [1.165, 1.54) is 0 Å². The maximum absolute atomic E-state index is 11.4. The Bertz CT molecular complexity index is 681. The Morgan fingerprint density at radius 1 is 1.29 bits per heavy atom. The van der Waals surface area contributed by atoms with Crippen LogP contribution in [0.2, 0.25) is 0 Å². The van der Waals surface area contributed by atoms with Gasteiger partial charge in [0.15, 0.2) is 0 Å². The summed E-state index contributed by atoms with van der Waals surface area (Å²) in [5.41, 5.74) is 10.1. The third kappa shape index (κ3) is 2.76. The Morgan fingerprint density at radius 3 is 2.76 bits per heavy atom. The number of fused-ring (bicyclic) bond motifs is 1. The van der Waals surface area contributed by atoms with E-state index in [4.69, 9.17) is 10.5 Å². The molecule has 3 rings (SSSR count). The number of nitrogens with two attached hydrogens (primary N) is 1. The first-order valence-corrected chi connectivity index (χ1v) is 6.88. The molecule has 0 saturated carbocycles. The van der Waals surface area contributed by atoms with Crippen molar-refractivity contribution in [2.45, 2.75) is 13.3 Å². The quantitative estimate of drug-likeness (QED) is 0.754. The molecule has 1 aliphatic heterocycles. The third-order valence-corrected chi connectivity index (χ3v) is 3.34. The van der Waals surface area contributed by atoms with Crippen LogP contribution in [0.5, 0.6) is 5.75 Å². The molecule has 0 atom stereocenters. The highest BCUT2D eigenvalue weighted by Crippen LogP contribution is 2.33. The topological polar surface area (TPSA) is 76.4 Å². The first-order valence-electron chi connectivity index (χ1n) is 6.88. The normalized spacial score (nSPS) is 12.7. The Labute approximate surface area is 123 Å². The number of nitrogens with one attached hydrogen (secondary N) is 2. The first-order chi connectivity index (χ1) is 10.2. The van der Waals surface area contributed by atoms with Gasteiger partial charge in [-0.2, -0.15) is 0 Å². The molecular formula is C16H17N3O2. The van der Waals surface area contributed by atoms with Crippen molar-refractivity contribution in [2.75, 3.05) is 23.0 Å². The minimum atomic E-state index is 0.00242. The summed E-state index contributed by atoms with van der Waals surface area (Å²) >= 11 is 0. The molecule has 0 bridgehead atoms. The zero-order chi connectivity index (χ0) is 14.8. The van der Waals surface area contributed by atoms with Crippen LogP contribution in [0.1, 0.15) is 12.5 Å². The number of hydrogen-bond donors (Lipinski definition) is 3. The molecule has 1 aliphatic rings. The van der Waals surface area contributed by atoms with Crippen molar-refractivity contribution in [3.05, 3.63) is 42.0 Å². The molecule has 0 aliphatic carbocycles. The van der Waals surface area contributed by atoms with Gasteiger partial charge in [-0.15, -0.1) is 0 Å². The second-order valence-electron chi connectivity index (χ2n) is 4.90. The van der Waals surface area contributed by atoms with E-state index in [2.05, 4.69) is 10.6 Å². The van der Waals surface area contributed by atoms with Crippen LogP contribution < -0.4 is 21.1 Å². The smallest absolute Gasteiger partial charge is 0.228 e. The van der Waals surface area contributed by atoms with E-state index < -0.39 is 0 Å². The molecule has 21 heavy (non-hydrogen) atoms. The molecule has 0 saturated heterocycles. The molecule has 1 amide bonds. The number of ether oxygens (including phenoxy) is 1. The zero-order valence-corrected chi connectivity index (χ0v) is 11.8. The van der Waals surface area contributed by atoms with Gasteiger partial charge < -0.3 is 21.1 Å². The van der Waals surface area contributed by atoms with Crippen molar-refractivity contribution < 1.29 is 9.53 Å². The number of anilines is 4. The van der Waals surface area contributed by atoms with E-state index >= 15 is 0 Å². The van der Waals surface area contributed by atoms with Crippen molar-refractivity contribution in [1.29, 1.82) is 0 Å². The zero-order valence-electron chi connectivity index (χ0n) is 11.8. The third-order valence-electron chi connectivity index (χ3n) is 3.34. The number of hydrogen-bond acceptors (Lipinski definition) is 4. The molecule has 0 spiro atoms. The van der Waals surface area contributed by atoms with Crippen LogP contribution in [0.3, 0.4) is 0 Å². The lowest BCUT2D eigenvalue weighted by Crippen LogP contribution is -2.03. The summed E-state index contributed by atoms with van der Waals surface area (Å²) in [6.07, 6.45) is 0.392. The highest BCUT2D eigenvalue weighted by molar-refractivity contribution is 6.01. The van der Waals surface area contributed by atoms with Crippen molar-refractivity contribution in [3.8, 4) is 5.75 Å². The van der Waals surface area contributed by atoms with E-state index in [1.54, 1.807) is 0 Å². The van der Waals surface area contributed by atoms with Gasteiger partial charge in [-0.3, -0.25) is 4.79 Å². The summed E-state index contributed by atoms with van der Waals surface area (Å²) in [6.45, 7) is 2.59. The Morgan fingerprint density at radius 2 is 2.05 bits per heavy atom. The molecule has 1 heterocycles. The monoisotopic (exact) mass is 283 g/mol. The molecular weight excluding hydrogens is 266 g/mol. The molecule has 0 unspecified atom stereocenters. The fourth-order valence-electron chi connectivity index (χ4n) is 2.36. The second kappa shape index (κ2) is 5.36. The Hall–Kier alpha value is -2.69. The summed E-state index contributed by atoms with van der Waals surface area (Å²) in [7, 11) is 0. The lowest BCUT2D eigenvalue weighted by atomic mass is 10.1. The summed E-state index contributed by atoms with van der Waals surface area (Å²) in [4.78, 5) is 11.4. The first kappa shape index (κ1) is 13.3. The Balaban J connectivity index is 1.82. The van der Waals surface area contributed by atoms with Gasteiger partial charge in [0.05, 0.1) is 24.4 Å². The van der Waals surface area contributed by atoms with Crippen molar-refractivity contribution >= 4 is 28.7 Å². The van der Waals surface area contributed by atoms with Crippen molar-refractivity contribution in [1.82, 2.24) is 0 Å². The number of rotatable bonds is 4. The van der Waals surface area contributed by atoms with E-state index in [-0.39, 0.29) is 5.91 Å². The summed E-state index contributed by atoms with van der Waals surface area (Å²) in [5.74, 6) is 0.833. The minimum Gasteiger partial charge on any atom is -0.494 e. The van der Waals surface area contributed by atoms with Gasteiger partial charge in [0.2, 0.25) is 5.91 Å². The molecule has 5 nitrogen and oxygen atoms in total. The van der Waals surface area contributed by atoms with Crippen LogP contribution in [0, 0.1) is 0 Å². The predicted molar refractivity (Wildman–Crippen MR) is 84.1 cm³/mol. The lowest BCUT2D eigenvalue weighted by Gasteiger charge is -2.12. The molecule has 5 heteroatoms. The van der Waals surface area contributed by atoms with Crippen molar-refractivity contribution in [3.63, 3.8) is 0 Å². The van der Waals surface area contributed by atoms with Gasteiger partial charge in [0, 0.05) is 11.4 Å². The van der Waals surface area contributed by atoms with Crippen LogP contribution in [-0.4, -0.2) is 12.5 Å². The number of carbonyl (C=O) groups excluding carboxylic acids is 1. The highest BCUT2D eigenvalue weighted by Gasteiger charge is 2.19. The number of amides is 1. The van der Waals surface area contributed by atoms with Gasteiger partial charge in [-0.1, -0.05) is 0 Å². The van der Waals surface area contributed by atoms with Crippen LogP contribution >= 0.6 is 0 Å². The fraction of sp³-hybridized carbons (Fsp3) is 0.188. The molecule has 0 fully saturated rings. The largest absolute Gasteiger partial charge is 0.494 e. The van der Waals surface area contributed by atoms with Crippen LogP contribution in [0.4, 0.5) is 22.7 Å². The Kier molecular flexibility index (Phi) is 3.39. The summed E-state index contributed by atoms with van der Waals surface area (Å²) in [5, 5.41) is 6.08. The van der Waals surface area contributed by atoms with Crippen LogP contribution in [0.25, 0.3) is 0 Å². The standard InChI is InChI=1S/C16H17N3O2/c1-2-21-12-5-3-11(4-6-12)18-15-9-14-10(7-13(15)17)8-16(20)19-14/h3-7,9,18H,2,8,17H2,1H3,(H,19,20). The van der Waals surface area contributed by atoms with Gasteiger partial charge in [-0.05, 0) is 48.9 Å². The van der Waals surface area contributed by atoms with Gasteiger partial charge >= 0.3 is 0 Å². The number of carbonyl (C=O) groups is 1. The van der Waals surface area contributed by atoms with Crippen molar-refractivity contribution in [2.24, 2.45) is 0 Å². The van der Waals surface area contributed by atoms with Crippen LogP contribution in [-0.2, 0) is 11.2 Å². The maximum atomic E-state index is 11.4. The van der Waals surface area contributed by atoms with E-state index in [9.17, 15) is 4.79 Å². The van der Waals surface area contributed by atoms with Crippen LogP contribution in [0.15, 0.2) is 36.4 Å². The predicted octanol–water partition coefficient (Wildman–Crippen LogP) is 2.91. The molecule has 0 aromatic heterocycles. The highest BCUT2D eigenvalue weighted by atomic mass is 16.5. The molecule has 0 radical (unpaired) electrons. The van der Waals surface area contributed by atoms with E-state index in [0.29, 0.717) is 18.7 Å². The van der Waals surface area contributed by atoms with Gasteiger partial charge in [0.1, 0.15) is 5.75 Å².